The van der Waals surface area contributed by atoms with Gasteiger partial charge in [-0.15, -0.1) is 0 Å². The van der Waals surface area contributed by atoms with Crippen molar-refractivity contribution in [2.24, 2.45) is 0 Å². The van der Waals surface area contributed by atoms with Crippen LogP contribution in [0.2, 0.25) is 0 Å². The zero-order chi connectivity index (χ0) is 21.4. The SMILES string of the molecule is O=c1[nH]c2ccc(S(=O)(=O)N3CCN(Cc4ccc(-n5ccnc5)cc4)CC3)cc2[nH]1. The molecule has 0 radical (unpaired) electrons. The summed E-state index contributed by atoms with van der Waals surface area (Å²) in [5.41, 5.74) is 2.97. The number of rotatable bonds is 5. The average molecular weight is 439 g/mol. The Kier molecular flexibility index (Phi) is 4.97. The molecule has 0 bridgehead atoms. The lowest BCUT2D eigenvalue weighted by Gasteiger charge is -2.34. The third-order valence-corrected chi connectivity index (χ3v) is 7.50. The topological polar surface area (TPSA) is 107 Å². The fraction of sp³-hybridized carbons (Fsp3) is 0.238. The second-order valence-corrected chi connectivity index (χ2v) is 9.54. The summed E-state index contributed by atoms with van der Waals surface area (Å²) in [5, 5.41) is 0. The molecule has 2 aromatic heterocycles. The van der Waals surface area contributed by atoms with E-state index in [0.717, 1.165) is 12.2 Å². The Morgan fingerprint density at radius 1 is 0.935 bits per heavy atom. The van der Waals surface area contributed by atoms with Crippen LogP contribution in [0.1, 0.15) is 5.56 Å². The molecule has 1 saturated heterocycles. The average Bonchev–Trinajstić information content (AvgIpc) is 3.43. The smallest absolute Gasteiger partial charge is 0.306 e. The molecule has 2 N–H and O–H groups in total. The van der Waals surface area contributed by atoms with E-state index in [1.54, 1.807) is 18.6 Å². The Morgan fingerprint density at radius 2 is 1.68 bits per heavy atom. The summed E-state index contributed by atoms with van der Waals surface area (Å²) in [6.45, 7) is 2.94. The highest BCUT2D eigenvalue weighted by Crippen LogP contribution is 2.21. The number of imidazole rings is 2. The first kappa shape index (κ1) is 19.7. The first-order chi connectivity index (χ1) is 15.0. The van der Waals surface area contributed by atoms with E-state index in [-0.39, 0.29) is 10.6 Å². The maximum atomic E-state index is 13.1. The Balaban J connectivity index is 1.23. The Hall–Kier alpha value is -3.21. The summed E-state index contributed by atoms with van der Waals surface area (Å²) in [4.78, 5) is 23.2. The van der Waals surface area contributed by atoms with Crippen molar-refractivity contribution in [1.29, 1.82) is 0 Å². The largest absolute Gasteiger partial charge is 0.323 e. The molecule has 0 aliphatic carbocycles. The molecule has 0 saturated carbocycles. The number of aromatic amines is 2. The van der Waals surface area contributed by atoms with Crippen molar-refractivity contribution in [3.8, 4) is 5.69 Å². The third-order valence-electron chi connectivity index (χ3n) is 5.60. The minimum atomic E-state index is -3.61. The first-order valence-electron chi connectivity index (χ1n) is 10.0. The molecule has 2 aromatic carbocycles. The minimum Gasteiger partial charge on any atom is -0.306 e. The van der Waals surface area contributed by atoms with Gasteiger partial charge in [0, 0.05) is 50.8 Å². The highest BCUT2D eigenvalue weighted by atomic mass is 32.2. The minimum absolute atomic E-state index is 0.193. The lowest BCUT2D eigenvalue weighted by molar-refractivity contribution is 0.181. The summed E-state index contributed by atoms with van der Waals surface area (Å²) in [7, 11) is -3.61. The number of nitrogens with zero attached hydrogens (tertiary/aromatic N) is 4. The molecule has 0 unspecified atom stereocenters. The lowest BCUT2D eigenvalue weighted by atomic mass is 10.2. The summed E-state index contributed by atoms with van der Waals surface area (Å²) in [6, 6.07) is 12.9. The van der Waals surface area contributed by atoms with Crippen LogP contribution in [-0.2, 0) is 16.6 Å². The maximum absolute atomic E-state index is 13.1. The number of fused-ring (bicyclic) bond motifs is 1. The van der Waals surface area contributed by atoms with Gasteiger partial charge in [0.2, 0.25) is 10.0 Å². The van der Waals surface area contributed by atoms with Gasteiger partial charge in [-0.25, -0.2) is 18.2 Å². The normalized spacial score (nSPS) is 16.1. The molecule has 3 heterocycles. The third kappa shape index (κ3) is 3.92. The number of benzene rings is 2. The predicted molar refractivity (Wildman–Crippen MR) is 117 cm³/mol. The number of hydrogen-bond donors (Lipinski definition) is 2. The zero-order valence-corrected chi connectivity index (χ0v) is 17.5. The van der Waals surface area contributed by atoms with Crippen LogP contribution in [0.5, 0.6) is 0 Å². The molecular weight excluding hydrogens is 416 g/mol. The lowest BCUT2D eigenvalue weighted by Crippen LogP contribution is -2.48. The molecule has 4 aromatic rings. The molecule has 5 rings (SSSR count). The standard InChI is InChI=1S/C21H22N6O3S/c28-21-23-19-6-5-18(13-20(19)24-21)31(29,30)27-11-9-25(10-12-27)14-16-1-3-17(4-2-16)26-8-7-22-15-26/h1-8,13,15H,9-12,14H2,(H2,23,24,28). The van der Waals surface area contributed by atoms with Crippen molar-refractivity contribution in [1.82, 2.24) is 28.7 Å². The second kappa shape index (κ2) is 7.80. The van der Waals surface area contributed by atoms with E-state index in [1.165, 1.54) is 22.0 Å². The molecular formula is C21H22N6O3S. The molecule has 31 heavy (non-hydrogen) atoms. The van der Waals surface area contributed by atoms with E-state index in [4.69, 9.17) is 0 Å². The van der Waals surface area contributed by atoms with E-state index in [0.29, 0.717) is 37.2 Å². The van der Waals surface area contributed by atoms with Crippen LogP contribution in [0.3, 0.4) is 0 Å². The van der Waals surface area contributed by atoms with Crippen molar-refractivity contribution in [3.05, 3.63) is 77.2 Å². The van der Waals surface area contributed by atoms with Crippen molar-refractivity contribution in [2.45, 2.75) is 11.4 Å². The van der Waals surface area contributed by atoms with Crippen LogP contribution in [0.4, 0.5) is 0 Å². The van der Waals surface area contributed by atoms with Gasteiger partial charge in [0.1, 0.15) is 0 Å². The van der Waals surface area contributed by atoms with Crippen molar-refractivity contribution < 1.29 is 8.42 Å². The van der Waals surface area contributed by atoms with E-state index in [9.17, 15) is 13.2 Å². The van der Waals surface area contributed by atoms with E-state index in [1.807, 2.05) is 10.8 Å². The predicted octanol–water partition coefficient (Wildman–Crippen LogP) is 1.55. The van der Waals surface area contributed by atoms with Crippen molar-refractivity contribution in [2.75, 3.05) is 26.2 Å². The van der Waals surface area contributed by atoms with Crippen LogP contribution in [0, 0.1) is 0 Å². The van der Waals surface area contributed by atoms with Gasteiger partial charge < -0.3 is 14.5 Å². The quantitative estimate of drug-likeness (QED) is 0.492. The molecule has 0 atom stereocenters. The summed E-state index contributed by atoms with van der Waals surface area (Å²) in [5.74, 6) is 0. The van der Waals surface area contributed by atoms with Gasteiger partial charge in [-0.3, -0.25) is 4.90 Å². The summed E-state index contributed by atoms with van der Waals surface area (Å²) in [6.07, 6.45) is 5.41. The number of aromatic nitrogens is 4. The Morgan fingerprint density at radius 3 is 2.39 bits per heavy atom. The highest BCUT2D eigenvalue weighted by Gasteiger charge is 2.28. The van der Waals surface area contributed by atoms with Gasteiger partial charge in [-0.1, -0.05) is 12.1 Å². The number of sulfonamides is 1. The summed E-state index contributed by atoms with van der Waals surface area (Å²) < 4.78 is 29.6. The zero-order valence-electron chi connectivity index (χ0n) is 16.7. The summed E-state index contributed by atoms with van der Waals surface area (Å²) >= 11 is 0. The van der Waals surface area contributed by atoms with Crippen LogP contribution >= 0.6 is 0 Å². The van der Waals surface area contributed by atoms with Gasteiger partial charge in [0.05, 0.1) is 22.3 Å². The Labute approximate surface area is 179 Å². The van der Waals surface area contributed by atoms with E-state index in [2.05, 4.69) is 44.1 Å². The van der Waals surface area contributed by atoms with E-state index < -0.39 is 10.0 Å². The fourth-order valence-corrected chi connectivity index (χ4v) is 5.34. The highest BCUT2D eigenvalue weighted by molar-refractivity contribution is 7.89. The number of hydrogen-bond acceptors (Lipinski definition) is 5. The molecule has 0 spiro atoms. The molecule has 9 nitrogen and oxygen atoms in total. The van der Waals surface area contributed by atoms with Crippen LogP contribution in [0.15, 0.2) is 70.9 Å². The monoisotopic (exact) mass is 438 g/mol. The van der Waals surface area contributed by atoms with Crippen LogP contribution < -0.4 is 5.69 Å². The van der Waals surface area contributed by atoms with Gasteiger partial charge in [0.15, 0.2) is 0 Å². The molecule has 1 fully saturated rings. The van der Waals surface area contributed by atoms with E-state index >= 15 is 0 Å². The maximum Gasteiger partial charge on any atom is 0.323 e. The van der Waals surface area contributed by atoms with Crippen molar-refractivity contribution in [3.63, 3.8) is 0 Å². The first-order valence-corrected chi connectivity index (χ1v) is 11.4. The van der Waals surface area contributed by atoms with Gasteiger partial charge in [-0.2, -0.15) is 4.31 Å². The number of nitrogens with one attached hydrogen (secondary N) is 2. The van der Waals surface area contributed by atoms with Crippen LogP contribution in [-0.4, -0.2) is 63.3 Å². The molecule has 1 aliphatic rings. The Bertz CT molecular complexity index is 1350. The molecule has 0 amide bonds. The van der Waals surface area contributed by atoms with Gasteiger partial charge in [0.25, 0.3) is 0 Å². The van der Waals surface area contributed by atoms with Gasteiger partial charge in [-0.05, 0) is 35.9 Å². The number of H-pyrrole nitrogens is 2. The second-order valence-electron chi connectivity index (χ2n) is 7.60. The molecule has 1 aliphatic heterocycles. The van der Waals surface area contributed by atoms with Crippen LogP contribution in [0.25, 0.3) is 16.7 Å². The van der Waals surface area contributed by atoms with Crippen molar-refractivity contribution >= 4 is 21.1 Å². The molecule has 10 heteroatoms. The van der Waals surface area contributed by atoms with Gasteiger partial charge >= 0.3 is 5.69 Å². The fourth-order valence-electron chi connectivity index (χ4n) is 3.89. The molecule has 160 valence electrons. The number of piperazine rings is 1.